The Morgan fingerprint density at radius 3 is 2.12 bits per heavy atom. The van der Waals surface area contributed by atoms with Crippen LogP contribution in [0.2, 0.25) is 10.0 Å². The number of amides is 1. The first-order valence-corrected chi connectivity index (χ1v) is 19.3. The fourth-order valence-electron chi connectivity index (χ4n) is 5.65. The van der Waals surface area contributed by atoms with E-state index in [9.17, 15) is 18.0 Å². The van der Waals surface area contributed by atoms with Crippen LogP contribution in [0.15, 0.2) is 65.6 Å². The second-order valence-electron chi connectivity index (χ2n) is 12.1. The normalized spacial score (nSPS) is 14.7. The van der Waals surface area contributed by atoms with Crippen molar-refractivity contribution in [3.05, 3.63) is 98.5 Å². The molecule has 4 rings (SSSR count). The van der Waals surface area contributed by atoms with E-state index in [1.807, 2.05) is 32.2 Å². The molecular weight excluding hydrogens is 717 g/mol. The Morgan fingerprint density at radius 2 is 1.45 bits per heavy atom. The Morgan fingerprint density at radius 1 is 0.824 bits per heavy atom. The van der Waals surface area contributed by atoms with Crippen molar-refractivity contribution in [1.29, 1.82) is 0 Å². The number of ketones is 1. The van der Waals surface area contributed by atoms with Crippen molar-refractivity contribution in [3.8, 4) is 0 Å². The van der Waals surface area contributed by atoms with Crippen LogP contribution in [0.25, 0.3) is 0 Å². The van der Waals surface area contributed by atoms with Gasteiger partial charge in [0, 0.05) is 72.9 Å². The van der Waals surface area contributed by atoms with Crippen molar-refractivity contribution in [3.63, 3.8) is 0 Å². The van der Waals surface area contributed by atoms with Gasteiger partial charge in [-0.05, 0) is 73.5 Å². The summed E-state index contributed by atoms with van der Waals surface area (Å²) in [6.45, 7) is 6.88. The second-order valence-corrected chi connectivity index (χ2v) is 14.7. The van der Waals surface area contributed by atoms with Crippen LogP contribution < -0.4 is 10.0 Å². The van der Waals surface area contributed by atoms with Crippen molar-refractivity contribution in [2.75, 3.05) is 79.5 Å². The Balaban J connectivity index is 1.03. The molecule has 0 unspecified atom stereocenters. The van der Waals surface area contributed by atoms with E-state index in [0.717, 1.165) is 29.8 Å². The molecule has 1 heterocycles. The molecule has 0 aliphatic carbocycles. The van der Waals surface area contributed by atoms with E-state index < -0.39 is 10.0 Å². The third-order valence-corrected chi connectivity index (χ3v) is 10.3. The van der Waals surface area contributed by atoms with Crippen LogP contribution in [0.3, 0.4) is 0 Å². The lowest BCUT2D eigenvalue weighted by Crippen LogP contribution is -2.31. The van der Waals surface area contributed by atoms with Gasteiger partial charge in [-0.25, -0.2) is 13.1 Å². The molecule has 11 nitrogen and oxygen atoms in total. The van der Waals surface area contributed by atoms with Gasteiger partial charge < -0.3 is 29.2 Å². The van der Waals surface area contributed by atoms with Gasteiger partial charge in [0.1, 0.15) is 0 Å². The van der Waals surface area contributed by atoms with Gasteiger partial charge >= 0.3 is 0 Å². The minimum absolute atomic E-state index is 0.0194. The molecule has 1 atom stereocenters. The van der Waals surface area contributed by atoms with E-state index in [0.29, 0.717) is 86.8 Å². The molecule has 1 aliphatic rings. The molecular formula is C37H47Cl2N3O8S. The van der Waals surface area contributed by atoms with E-state index >= 15 is 0 Å². The molecule has 3 aromatic carbocycles. The predicted octanol–water partition coefficient (Wildman–Crippen LogP) is 5.33. The Bertz CT molecular complexity index is 1670. The first-order valence-electron chi connectivity index (χ1n) is 17.1. The summed E-state index contributed by atoms with van der Waals surface area (Å²) in [5.74, 6) is -0.196. The minimum atomic E-state index is -3.71. The summed E-state index contributed by atoms with van der Waals surface area (Å²) in [6, 6.07) is 17.2. The van der Waals surface area contributed by atoms with Crippen LogP contribution in [-0.4, -0.2) is 105 Å². The van der Waals surface area contributed by atoms with Crippen LogP contribution in [0.4, 0.5) is 0 Å². The number of ether oxygens (including phenoxy) is 4. The van der Waals surface area contributed by atoms with Crippen molar-refractivity contribution in [2.24, 2.45) is 0 Å². The SMILES string of the molecule is CCOCCCC(=O)c1ccc(C(=O)NCCOCCOCCOCCNS(=O)(=O)c2ccc([C@@H]3CN(C)Cc4c(Cl)cc(Cl)cc43)cc2)cc1. The number of fused-ring (bicyclic) bond motifs is 1. The zero-order chi connectivity index (χ0) is 36.6. The number of rotatable bonds is 22. The third kappa shape index (κ3) is 12.9. The van der Waals surface area contributed by atoms with E-state index in [1.54, 1.807) is 42.5 Å². The van der Waals surface area contributed by atoms with Crippen LogP contribution >= 0.6 is 23.2 Å². The molecule has 0 spiro atoms. The summed E-state index contributed by atoms with van der Waals surface area (Å²) < 4.78 is 50.0. The Kier molecular flexibility index (Phi) is 16.8. The number of halogens is 2. The molecule has 51 heavy (non-hydrogen) atoms. The molecule has 1 aliphatic heterocycles. The maximum absolute atomic E-state index is 12.8. The van der Waals surface area contributed by atoms with Gasteiger partial charge in [-0.15, -0.1) is 0 Å². The second kappa shape index (κ2) is 21.0. The average molecular weight is 765 g/mol. The van der Waals surface area contributed by atoms with Gasteiger partial charge in [-0.1, -0.05) is 47.5 Å². The molecule has 1 amide bonds. The number of carbonyl (C=O) groups is 2. The molecule has 3 aromatic rings. The average Bonchev–Trinajstić information content (AvgIpc) is 3.12. The number of nitrogens with zero attached hydrogens (tertiary/aromatic N) is 1. The number of likely N-dealkylation sites (N-methyl/N-ethyl adjacent to an activating group) is 1. The molecule has 0 bridgehead atoms. The number of sulfonamides is 1. The highest BCUT2D eigenvalue weighted by molar-refractivity contribution is 7.89. The molecule has 278 valence electrons. The highest BCUT2D eigenvalue weighted by atomic mass is 35.5. The van der Waals surface area contributed by atoms with Crippen molar-refractivity contribution >= 4 is 44.9 Å². The van der Waals surface area contributed by atoms with Crippen molar-refractivity contribution < 1.29 is 37.0 Å². The number of hydrogen-bond donors (Lipinski definition) is 2. The summed E-state index contributed by atoms with van der Waals surface area (Å²) >= 11 is 12.8. The fourth-order valence-corrected chi connectivity index (χ4v) is 7.24. The topological polar surface area (TPSA) is 133 Å². The summed E-state index contributed by atoms with van der Waals surface area (Å²) in [5.41, 5.74) is 4.13. The summed E-state index contributed by atoms with van der Waals surface area (Å²) in [4.78, 5) is 26.9. The van der Waals surface area contributed by atoms with Crippen LogP contribution in [0.5, 0.6) is 0 Å². The first-order chi connectivity index (χ1) is 24.6. The molecule has 0 aromatic heterocycles. The number of Topliss-reactive ketones (excluding diaryl/α,β-unsaturated/α-hetero) is 1. The van der Waals surface area contributed by atoms with Gasteiger partial charge in [0.05, 0.1) is 44.5 Å². The van der Waals surface area contributed by atoms with Crippen molar-refractivity contribution in [1.82, 2.24) is 14.9 Å². The van der Waals surface area contributed by atoms with Gasteiger partial charge in [0.2, 0.25) is 10.0 Å². The quantitative estimate of drug-likeness (QED) is 0.103. The van der Waals surface area contributed by atoms with Crippen LogP contribution in [0.1, 0.15) is 63.1 Å². The van der Waals surface area contributed by atoms with E-state index in [-0.39, 0.29) is 35.7 Å². The monoisotopic (exact) mass is 763 g/mol. The smallest absolute Gasteiger partial charge is 0.251 e. The van der Waals surface area contributed by atoms with Crippen molar-refractivity contribution in [2.45, 2.75) is 37.1 Å². The lowest BCUT2D eigenvalue weighted by atomic mass is 9.85. The Hall–Kier alpha value is -2.91. The maximum atomic E-state index is 12.8. The highest BCUT2D eigenvalue weighted by Crippen LogP contribution is 2.38. The molecule has 0 saturated carbocycles. The number of nitrogens with one attached hydrogen (secondary N) is 2. The van der Waals surface area contributed by atoms with E-state index in [4.69, 9.17) is 42.1 Å². The summed E-state index contributed by atoms with van der Waals surface area (Å²) in [5, 5.41) is 4.00. The number of benzene rings is 3. The lowest BCUT2D eigenvalue weighted by Gasteiger charge is -2.33. The molecule has 0 saturated heterocycles. The third-order valence-electron chi connectivity index (χ3n) is 8.27. The van der Waals surface area contributed by atoms with E-state index in [2.05, 4.69) is 14.9 Å². The largest absolute Gasteiger partial charge is 0.382 e. The highest BCUT2D eigenvalue weighted by Gasteiger charge is 2.27. The Labute approximate surface area is 310 Å². The zero-order valence-electron chi connectivity index (χ0n) is 29.1. The van der Waals surface area contributed by atoms with E-state index in [1.165, 1.54) is 0 Å². The summed E-state index contributed by atoms with van der Waals surface area (Å²) in [6.07, 6.45) is 1.08. The number of carbonyl (C=O) groups excluding carboxylic acids is 2. The minimum Gasteiger partial charge on any atom is -0.382 e. The number of hydrogen-bond acceptors (Lipinski definition) is 9. The standard InChI is InChI=1S/C37H47Cl2N3O8S/c1-3-47-16-4-5-36(43)28-6-8-29(9-7-28)37(44)40-14-17-48-19-21-50-22-20-49-18-15-41-51(45,46)31-12-10-27(11-13-31)33-25-42(2)26-34-32(33)23-30(38)24-35(34)39/h6-13,23-24,33,41H,3-5,14-22,25-26H2,1-2H3,(H,40,44)/t33-/m0/s1. The van der Waals surface area contributed by atoms with Gasteiger partial charge in [-0.2, -0.15) is 0 Å². The van der Waals surface area contributed by atoms with Gasteiger partial charge in [0.25, 0.3) is 5.91 Å². The predicted molar refractivity (Wildman–Crippen MR) is 198 cm³/mol. The first kappa shape index (κ1) is 40.9. The molecule has 0 fully saturated rings. The van der Waals surface area contributed by atoms with Gasteiger partial charge in [-0.3, -0.25) is 9.59 Å². The molecule has 0 radical (unpaired) electrons. The molecule has 2 N–H and O–H groups in total. The fraction of sp³-hybridized carbons (Fsp3) is 0.459. The summed E-state index contributed by atoms with van der Waals surface area (Å²) in [7, 11) is -1.68. The molecule has 14 heteroatoms. The van der Waals surface area contributed by atoms with Crippen LogP contribution in [0, 0.1) is 0 Å². The lowest BCUT2D eigenvalue weighted by molar-refractivity contribution is 0.0162. The maximum Gasteiger partial charge on any atom is 0.251 e. The van der Waals surface area contributed by atoms with Gasteiger partial charge in [0.15, 0.2) is 5.78 Å². The van der Waals surface area contributed by atoms with Crippen LogP contribution in [-0.2, 0) is 35.5 Å². The zero-order valence-corrected chi connectivity index (χ0v) is 31.5.